The molecule has 0 atom stereocenters. The van der Waals surface area contributed by atoms with E-state index in [1.54, 1.807) is 13.1 Å². The lowest BCUT2D eigenvalue weighted by molar-refractivity contribution is 0.0697. The van der Waals surface area contributed by atoms with Crippen molar-refractivity contribution in [3.63, 3.8) is 0 Å². The third-order valence-electron chi connectivity index (χ3n) is 2.35. The molecule has 0 saturated carbocycles. The van der Waals surface area contributed by atoms with Crippen molar-refractivity contribution in [3.8, 4) is 5.75 Å². The van der Waals surface area contributed by atoms with Crippen molar-refractivity contribution in [1.82, 2.24) is 20.2 Å². The first-order valence-corrected chi connectivity index (χ1v) is 6.63. The smallest absolute Gasteiger partial charge is 0.349 e. The second-order valence-electron chi connectivity index (χ2n) is 3.95. The molecule has 2 rings (SSSR count). The Balaban J connectivity index is 2.11. The van der Waals surface area contributed by atoms with Gasteiger partial charge in [-0.25, -0.2) is 4.79 Å². The molecule has 2 aromatic heterocycles. The van der Waals surface area contributed by atoms with E-state index in [0.717, 1.165) is 17.7 Å². The van der Waals surface area contributed by atoms with Crippen molar-refractivity contribution in [2.45, 2.75) is 26.4 Å². The molecule has 2 heterocycles. The summed E-state index contributed by atoms with van der Waals surface area (Å²) in [6, 6.07) is 1.77. The van der Waals surface area contributed by atoms with Crippen LogP contribution in [0.1, 0.15) is 33.7 Å². The van der Waals surface area contributed by atoms with Gasteiger partial charge in [-0.15, -0.1) is 21.5 Å². The zero-order chi connectivity index (χ0) is 13.8. The van der Waals surface area contributed by atoms with Gasteiger partial charge in [0.25, 0.3) is 0 Å². The van der Waals surface area contributed by atoms with Gasteiger partial charge < -0.3 is 9.84 Å². The Kier molecular flexibility index (Phi) is 4.10. The van der Waals surface area contributed by atoms with Gasteiger partial charge >= 0.3 is 5.97 Å². The molecule has 0 aliphatic carbocycles. The summed E-state index contributed by atoms with van der Waals surface area (Å²) in [5.74, 6) is -0.190. The molecule has 7 nitrogen and oxygen atoms in total. The van der Waals surface area contributed by atoms with Gasteiger partial charge in [0.1, 0.15) is 5.75 Å². The van der Waals surface area contributed by atoms with Gasteiger partial charge in [0, 0.05) is 4.88 Å². The number of nitrogens with zero attached hydrogens (tertiary/aromatic N) is 4. The van der Waals surface area contributed by atoms with E-state index in [1.165, 1.54) is 16.1 Å². The number of aromatic carboxylic acids is 1. The lowest BCUT2D eigenvalue weighted by Crippen LogP contribution is -2.02. The number of rotatable bonds is 6. The Morgan fingerprint density at radius 3 is 2.95 bits per heavy atom. The maximum absolute atomic E-state index is 11.1. The lowest BCUT2D eigenvalue weighted by atomic mass is 10.3. The number of aromatic nitrogens is 4. The zero-order valence-corrected chi connectivity index (χ0v) is 11.5. The van der Waals surface area contributed by atoms with E-state index >= 15 is 0 Å². The van der Waals surface area contributed by atoms with Gasteiger partial charge in [0.15, 0.2) is 11.5 Å². The predicted octanol–water partition coefficient (Wildman–Crippen LogP) is 1.50. The Hall–Kier alpha value is -1.96. The van der Waals surface area contributed by atoms with Crippen LogP contribution in [-0.4, -0.2) is 31.3 Å². The van der Waals surface area contributed by atoms with Crippen molar-refractivity contribution in [2.24, 2.45) is 7.05 Å². The average Bonchev–Trinajstić information content (AvgIpc) is 2.93. The maximum atomic E-state index is 11.1. The van der Waals surface area contributed by atoms with Crippen LogP contribution in [0.15, 0.2) is 6.07 Å². The number of carboxylic acid groups (broad SMARTS) is 1. The molecule has 1 N–H and O–H groups in total. The monoisotopic (exact) mass is 282 g/mol. The summed E-state index contributed by atoms with van der Waals surface area (Å²) in [7, 11) is 1.66. The first-order valence-electron chi connectivity index (χ1n) is 5.81. The molecule has 0 radical (unpaired) electrons. The molecule has 8 heteroatoms. The Bertz CT molecular complexity index is 578. The average molecular weight is 282 g/mol. The van der Waals surface area contributed by atoms with Gasteiger partial charge in [-0.2, -0.15) is 4.80 Å². The van der Waals surface area contributed by atoms with Gasteiger partial charge in [0.05, 0.1) is 7.05 Å². The second-order valence-corrected chi connectivity index (χ2v) is 5.08. The number of aryl methyl sites for hydroxylation is 2. The minimum atomic E-state index is -0.977. The van der Waals surface area contributed by atoms with E-state index in [2.05, 4.69) is 15.4 Å². The molecule has 19 heavy (non-hydrogen) atoms. The largest absolute Gasteiger partial charge is 0.484 e. The van der Waals surface area contributed by atoms with Crippen molar-refractivity contribution < 1.29 is 14.6 Å². The van der Waals surface area contributed by atoms with Gasteiger partial charge in [-0.05, 0) is 17.7 Å². The normalized spacial score (nSPS) is 10.6. The number of tetrazole rings is 1. The van der Waals surface area contributed by atoms with Crippen LogP contribution < -0.4 is 4.74 Å². The van der Waals surface area contributed by atoms with Crippen LogP contribution in [0.5, 0.6) is 5.75 Å². The van der Waals surface area contributed by atoms with Gasteiger partial charge in [-0.3, -0.25) is 0 Å². The van der Waals surface area contributed by atoms with Crippen LogP contribution in [-0.2, 0) is 20.1 Å². The van der Waals surface area contributed by atoms with Crippen LogP contribution in [0.3, 0.4) is 0 Å². The van der Waals surface area contributed by atoms with E-state index in [-0.39, 0.29) is 11.5 Å². The summed E-state index contributed by atoms with van der Waals surface area (Å²) in [5, 5.41) is 20.6. The van der Waals surface area contributed by atoms with Crippen molar-refractivity contribution in [1.29, 1.82) is 0 Å². The Labute approximate surface area is 113 Å². The highest BCUT2D eigenvalue weighted by Crippen LogP contribution is 2.30. The van der Waals surface area contributed by atoms with E-state index in [9.17, 15) is 4.79 Å². The van der Waals surface area contributed by atoms with Crippen molar-refractivity contribution in [2.75, 3.05) is 0 Å². The van der Waals surface area contributed by atoms with Crippen LogP contribution in [0.4, 0.5) is 0 Å². The van der Waals surface area contributed by atoms with E-state index in [4.69, 9.17) is 9.84 Å². The molecule has 0 fully saturated rings. The second kappa shape index (κ2) is 5.79. The molecular formula is C11H14N4O3S. The predicted molar refractivity (Wildman–Crippen MR) is 68.4 cm³/mol. The molecular weight excluding hydrogens is 268 g/mol. The quantitative estimate of drug-likeness (QED) is 0.863. The van der Waals surface area contributed by atoms with E-state index in [1.807, 2.05) is 6.92 Å². The molecule has 0 spiro atoms. The molecule has 0 bridgehead atoms. The third kappa shape index (κ3) is 3.28. The standard InChI is InChI=1S/C11H14N4O3S/c1-3-4-7-5-8(10(19-7)11(16)17)18-6-9-12-14-15(2)13-9/h5H,3-4,6H2,1-2H3,(H,16,17). The fourth-order valence-corrected chi connectivity index (χ4v) is 2.61. The summed E-state index contributed by atoms with van der Waals surface area (Å²) in [6.45, 7) is 2.15. The Morgan fingerprint density at radius 1 is 1.58 bits per heavy atom. The van der Waals surface area contributed by atoms with Crippen LogP contribution in [0.25, 0.3) is 0 Å². The minimum Gasteiger partial charge on any atom is -0.484 e. The van der Waals surface area contributed by atoms with E-state index in [0.29, 0.717) is 11.6 Å². The molecule has 0 aliphatic heterocycles. The SMILES string of the molecule is CCCc1cc(OCc2nnn(C)n2)c(C(=O)O)s1. The number of hydrogen-bond donors (Lipinski definition) is 1. The zero-order valence-electron chi connectivity index (χ0n) is 10.7. The fourth-order valence-electron chi connectivity index (χ4n) is 1.57. The van der Waals surface area contributed by atoms with Gasteiger partial charge in [-0.1, -0.05) is 13.3 Å². The Morgan fingerprint density at radius 2 is 2.37 bits per heavy atom. The number of carboxylic acids is 1. The summed E-state index contributed by atoms with van der Waals surface area (Å²) in [4.78, 5) is 13.7. The first kappa shape index (κ1) is 13.5. The topological polar surface area (TPSA) is 90.1 Å². The number of carbonyl (C=O) groups is 1. The first-order chi connectivity index (χ1) is 9.10. The molecule has 0 amide bonds. The molecule has 0 aromatic carbocycles. The van der Waals surface area contributed by atoms with Crippen LogP contribution in [0.2, 0.25) is 0 Å². The lowest BCUT2D eigenvalue weighted by Gasteiger charge is -2.01. The summed E-state index contributed by atoms with van der Waals surface area (Å²) >= 11 is 1.25. The van der Waals surface area contributed by atoms with E-state index < -0.39 is 5.97 Å². The summed E-state index contributed by atoms with van der Waals surface area (Å²) in [5.41, 5.74) is 0. The number of hydrogen-bond acceptors (Lipinski definition) is 6. The molecule has 0 aliphatic rings. The van der Waals surface area contributed by atoms with Crippen molar-refractivity contribution >= 4 is 17.3 Å². The molecule has 0 unspecified atom stereocenters. The highest BCUT2D eigenvalue weighted by molar-refractivity contribution is 7.14. The maximum Gasteiger partial charge on any atom is 0.349 e. The van der Waals surface area contributed by atoms with Crippen LogP contribution in [0, 0.1) is 0 Å². The fraction of sp³-hybridized carbons (Fsp3) is 0.455. The third-order valence-corrected chi connectivity index (χ3v) is 3.51. The summed E-state index contributed by atoms with van der Waals surface area (Å²) < 4.78 is 5.48. The summed E-state index contributed by atoms with van der Waals surface area (Å²) in [6.07, 6.45) is 1.81. The number of ether oxygens (including phenoxy) is 1. The van der Waals surface area contributed by atoms with Gasteiger partial charge in [0.2, 0.25) is 5.82 Å². The minimum absolute atomic E-state index is 0.108. The highest BCUT2D eigenvalue weighted by atomic mass is 32.1. The molecule has 0 saturated heterocycles. The number of thiophene rings is 1. The van der Waals surface area contributed by atoms with Crippen LogP contribution >= 0.6 is 11.3 Å². The van der Waals surface area contributed by atoms with Crippen molar-refractivity contribution in [3.05, 3.63) is 21.6 Å². The molecule has 2 aromatic rings. The molecule has 102 valence electrons. The highest BCUT2D eigenvalue weighted by Gasteiger charge is 2.17.